The highest BCUT2D eigenvalue weighted by molar-refractivity contribution is 7.87. The van der Waals surface area contributed by atoms with Crippen LogP contribution in [0.2, 0.25) is 0 Å². The zero-order chi connectivity index (χ0) is 15.2. The van der Waals surface area contributed by atoms with Gasteiger partial charge in [-0.25, -0.2) is 0 Å². The minimum absolute atomic E-state index is 0.193. The molecule has 0 unspecified atom stereocenters. The molecule has 3 N–H and O–H groups in total. The second-order valence-electron chi connectivity index (χ2n) is 4.81. The van der Waals surface area contributed by atoms with Gasteiger partial charge >= 0.3 is 5.97 Å². The van der Waals surface area contributed by atoms with E-state index in [0.717, 1.165) is 5.56 Å². The first-order valence-corrected chi connectivity index (χ1v) is 7.85. The van der Waals surface area contributed by atoms with Crippen LogP contribution in [0, 0.1) is 0 Å². The average molecular weight is 300 g/mol. The van der Waals surface area contributed by atoms with Crippen molar-refractivity contribution in [3.05, 3.63) is 35.9 Å². The maximum Gasteiger partial charge on any atom is 0.321 e. The summed E-state index contributed by atoms with van der Waals surface area (Å²) in [6.07, 6.45) is 0.681. The molecule has 0 spiro atoms. The second-order valence-corrected chi connectivity index (χ2v) is 6.29. The third kappa shape index (κ3) is 6.14. The zero-order valence-electron chi connectivity index (χ0n) is 11.5. The monoisotopic (exact) mass is 300 g/mol. The Bertz CT molecular complexity index is 529. The molecule has 6 nitrogen and oxygen atoms in total. The Morgan fingerprint density at radius 2 is 1.80 bits per heavy atom. The molecule has 0 aliphatic rings. The molecule has 0 heterocycles. The van der Waals surface area contributed by atoms with Crippen LogP contribution < -0.4 is 9.44 Å². The number of benzene rings is 1. The normalized spacial score (nSPS) is 13.3. The summed E-state index contributed by atoms with van der Waals surface area (Å²) in [6.45, 7) is 3.33. The second kappa shape index (κ2) is 7.37. The van der Waals surface area contributed by atoms with Crippen molar-refractivity contribution < 1.29 is 18.3 Å². The van der Waals surface area contributed by atoms with Crippen molar-refractivity contribution in [3.63, 3.8) is 0 Å². The van der Waals surface area contributed by atoms with Gasteiger partial charge in [-0.15, -0.1) is 0 Å². The fraction of sp³-hybridized carbons (Fsp3) is 0.462. The van der Waals surface area contributed by atoms with Crippen LogP contribution in [-0.2, 0) is 21.4 Å². The third-order valence-electron chi connectivity index (χ3n) is 2.55. The van der Waals surface area contributed by atoms with Crippen molar-refractivity contribution in [2.45, 2.75) is 38.8 Å². The summed E-state index contributed by atoms with van der Waals surface area (Å²) in [5, 5.41) is 9.09. The van der Waals surface area contributed by atoms with Crippen LogP contribution in [0.5, 0.6) is 0 Å². The summed E-state index contributed by atoms with van der Waals surface area (Å²) in [7, 11) is -3.81. The van der Waals surface area contributed by atoms with E-state index in [9.17, 15) is 13.2 Å². The fourth-order valence-electron chi connectivity index (χ4n) is 1.72. The average Bonchev–Trinajstić information content (AvgIpc) is 2.33. The van der Waals surface area contributed by atoms with Crippen molar-refractivity contribution in [2.75, 3.05) is 0 Å². The Kier molecular flexibility index (Phi) is 6.12. The van der Waals surface area contributed by atoms with Gasteiger partial charge in [0.25, 0.3) is 10.2 Å². The van der Waals surface area contributed by atoms with Gasteiger partial charge in [-0.05, 0) is 32.3 Å². The Morgan fingerprint density at radius 1 is 1.20 bits per heavy atom. The molecule has 0 saturated heterocycles. The van der Waals surface area contributed by atoms with Gasteiger partial charge in [-0.1, -0.05) is 30.3 Å². The number of nitrogens with one attached hydrogen (secondary N) is 2. The number of hydrogen-bond acceptors (Lipinski definition) is 3. The summed E-state index contributed by atoms with van der Waals surface area (Å²) < 4.78 is 27.8. The molecule has 0 amide bonds. The van der Waals surface area contributed by atoms with E-state index in [1.54, 1.807) is 13.8 Å². The summed E-state index contributed by atoms with van der Waals surface area (Å²) >= 11 is 0. The molecule has 1 aromatic rings. The highest BCUT2D eigenvalue weighted by Crippen LogP contribution is 2.06. The van der Waals surface area contributed by atoms with Gasteiger partial charge in [0.2, 0.25) is 0 Å². The van der Waals surface area contributed by atoms with Crippen molar-refractivity contribution >= 4 is 16.2 Å². The minimum atomic E-state index is -3.81. The first-order chi connectivity index (χ1) is 9.30. The van der Waals surface area contributed by atoms with Crippen molar-refractivity contribution in [1.82, 2.24) is 9.44 Å². The Balaban J connectivity index is 2.64. The van der Waals surface area contributed by atoms with Gasteiger partial charge < -0.3 is 5.11 Å². The quantitative estimate of drug-likeness (QED) is 0.665. The van der Waals surface area contributed by atoms with Crippen LogP contribution in [-0.4, -0.2) is 31.6 Å². The molecule has 0 radical (unpaired) electrons. The summed E-state index contributed by atoms with van der Waals surface area (Å²) in [5.41, 5.74) is 0.967. The lowest BCUT2D eigenvalue weighted by Gasteiger charge is -2.16. The number of carbonyl (C=O) groups is 1. The number of aryl methyl sites for hydroxylation is 1. The molecular weight excluding hydrogens is 280 g/mol. The highest BCUT2D eigenvalue weighted by Gasteiger charge is 2.24. The number of aliphatic carboxylic acids is 1. The SMILES string of the molecule is CC(C)NS(=O)(=O)N[C@@H](CCc1ccccc1)C(=O)O. The van der Waals surface area contributed by atoms with E-state index in [1.165, 1.54) is 0 Å². The maximum atomic E-state index is 11.7. The van der Waals surface area contributed by atoms with E-state index in [2.05, 4.69) is 9.44 Å². The lowest BCUT2D eigenvalue weighted by atomic mass is 10.1. The molecule has 7 heteroatoms. The van der Waals surface area contributed by atoms with Gasteiger partial charge in [0.05, 0.1) is 0 Å². The molecule has 1 aromatic carbocycles. The summed E-state index contributed by atoms with van der Waals surface area (Å²) in [6, 6.07) is 7.89. The highest BCUT2D eigenvalue weighted by atomic mass is 32.2. The molecule has 0 aliphatic heterocycles. The first kappa shape index (κ1) is 16.6. The molecule has 0 fully saturated rings. The summed E-state index contributed by atoms with van der Waals surface area (Å²) in [4.78, 5) is 11.1. The number of carboxylic acids is 1. The van der Waals surface area contributed by atoms with Crippen molar-refractivity contribution in [2.24, 2.45) is 0 Å². The lowest BCUT2D eigenvalue weighted by molar-refractivity contribution is -0.139. The molecule has 20 heavy (non-hydrogen) atoms. The summed E-state index contributed by atoms with van der Waals surface area (Å²) in [5.74, 6) is -1.19. The molecule has 0 aliphatic carbocycles. The first-order valence-electron chi connectivity index (χ1n) is 6.36. The van der Waals surface area contributed by atoms with E-state index in [4.69, 9.17) is 5.11 Å². The topological polar surface area (TPSA) is 95.5 Å². The van der Waals surface area contributed by atoms with Crippen LogP contribution >= 0.6 is 0 Å². The van der Waals surface area contributed by atoms with Gasteiger partial charge in [-0.2, -0.15) is 17.9 Å². The van der Waals surface area contributed by atoms with Crippen LogP contribution in [0.15, 0.2) is 30.3 Å². The van der Waals surface area contributed by atoms with Gasteiger partial charge in [0, 0.05) is 6.04 Å². The molecule has 0 bridgehead atoms. The minimum Gasteiger partial charge on any atom is -0.480 e. The molecule has 1 rings (SSSR count). The number of rotatable bonds is 8. The van der Waals surface area contributed by atoms with Gasteiger partial charge in [0.15, 0.2) is 0 Å². The largest absolute Gasteiger partial charge is 0.480 e. The molecule has 0 saturated carbocycles. The van der Waals surface area contributed by atoms with Crippen LogP contribution in [0.3, 0.4) is 0 Å². The van der Waals surface area contributed by atoms with Crippen molar-refractivity contribution in [3.8, 4) is 0 Å². The van der Waals surface area contributed by atoms with E-state index in [1.807, 2.05) is 30.3 Å². The lowest BCUT2D eigenvalue weighted by Crippen LogP contribution is -2.48. The molecular formula is C13H20N2O4S. The standard InChI is InChI=1S/C13H20N2O4S/c1-10(2)14-20(18,19)15-12(13(16)17)9-8-11-6-4-3-5-7-11/h3-7,10,12,14-15H,8-9H2,1-2H3,(H,16,17)/t12-/m0/s1. The Hall–Kier alpha value is -1.44. The van der Waals surface area contributed by atoms with E-state index >= 15 is 0 Å². The van der Waals surface area contributed by atoms with Crippen LogP contribution in [0.4, 0.5) is 0 Å². The van der Waals surface area contributed by atoms with Gasteiger partial charge in [0.1, 0.15) is 6.04 Å². The Labute approximate surface area is 119 Å². The van der Waals surface area contributed by atoms with Crippen LogP contribution in [0.25, 0.3) is 0 Å². The third-order valence-corrected chi connectivity index (χ3v) is 3.93. The molecule has 112 valence electrons. The fourth-order valence-corrected chi connectivity index (χ4v) is 3.00. The van der Waals surface area contributed by atoms with Crippen LogP contribution in [0.1, 0.15) is 25.8 Å². The zero-order valence-corrected chi connectivity index (χ0v) is 12.4. The molecule has 1 atom stereocenters. The molecule has 0 aromatic heterocycles. The van der Waals surface area contributed by atoms with Crippen molar-refractivity contribution in [1.29, 1.82) is 0 Å². The number of carboxylic acid groups (broad SMARTS) is 1. The van der Waals surface area contributed by atoms with Gasteiger partial charge in [-0.3, -0.25) is 4.79 Å². The Morgan fingerprint density at radius 3 is 2.30 bits per heavy atom. The smallest absolute Gasteiger partial charge is 0.321 e. The predicted octanol–water partition coefficient (Wildman–Crippen LogP) is 0.905. The predicted molar refractivity (Wildman–Crippen MR) is 76.5 cm³/mol. The number of hydrogen-bond donors (Lipinski definition) is 3. The maximum absolute atomic E-state index is 11.7. The van der Waals surface area contributed by atoms with E-state index < -0.39 is 22.2 Å². The van der Waals surface area contributed by atoms with E-state index in [-0.39, 0.29) is 12.5 Å². The van der Waals surface area contributed by atoms with E-state index in [0.29, 0.717) is 6.42 Å².